The van der Waals surface area contributed by atoms with Gasteiger partial charge in [-0.2, -0.15) is 0 Å². The Labute approximate surface area is 118 Å². The summed E-state index contributed by atoms with van der Waals surface area (Å²) in [6.45, 7) is 3.47. The molecule has 18 heavy (non-hydrogen) atoms. The van der Waals surface area contributed by atoms with Gasteiger partial charge in [-0.25, -0.2) is 0 Å². The first-order valence-electron chi connectivity index (χ1n) is 6.52. The molecule has 0 amide bonds. The highest BCUT2D eigenvalue weighted by molar-refractivity contribution is 9.10. The van der Waals surface area contributed by atoms with Crippen molar-refractivity contribution in [3.05, 3.63) is 28.7 Å². The van der Waals surface area contributed by atoms with E-state index in [-0.39, 0.29) is 6.61 Å². The second-order valence-electron chi connectivity index (χ2n) is 4.92. The predicted molar refractivity (Wildman–Crippen MR) is 79.1 cm³/mol. The highest BCUT2D eigenvalue weighted by atomic mass is 79.9. The zero-order valence-corrected chi connectivity index (χ0v) is 12.4. The fourth-order valence-corrected chi connectivity index (χ4v) is 2.79. The molecule has 1 saturated heterocycles. The molecule has 0 aromatic heterocycles. The Bertz CT molecular complexity index is 369. The molecular formula is C14H21BrN2O. The first-order chi connectivity index (χ1) is 8.70. The summed E-state index contributed by atoms with van der Waals surface area (Å²) in [4.78, 5) is 4.80. The van der Waals surface area contributed by atoms with E-state index in [0.29, 0.717) is 6.04 Å². The average Bonchev–Trinajstić information content (AvgIpc) is 2.54. The lowest BCUT2D eigenvalue weighted by atomic mass is 10.1. The Balaban J connectivity index is 2.10. The molecule has 1 aromatic rings. The van der Waals surface area contributed by atoms with Crippen molar-refractivity contribution >= 4 is 21.6 Å². The predicted octanol–water partition coefficient (Wildman–Crippen LogP) is 2.34. The standard InChI is InChI=1S/C14H21BrN2O/c1-16-8-2-9-17(11-14(16)7-10-18)13-5-3-12(15)4-6-13/h3-6,14,18H,2,7-11H2,1H3. The van der Waals surface area contributed by atoms with E-state index < -0.39 is 0 Å². The molecule has 1 atom stereocenters. The van der Waals surface area contributed by atoms with Gasteiger partial charge in [0.1, 0.15) is 0 Å². The average molecular weight is 313 g/mol. The number of halogens is 1. The van der Waals surface area contributed by atoms with E-state index in [9.17, 15) is 0 Å². The van der Waals surface area contributed by atoms with Gasteiger partial charge < -0.3 is 14.9 Å². The highest BCUT2D eigenvalue weighted by Crippen LogP contribution is 2.21. The number of likely N-dealkylation sites (N-methyl/N-ethyl adjacent to an activating group) is 1. The van der Waals surface area contributed by atoms with Crippen LogP contribution in [-0.2, 0) is 0 Å². The lowest BCUT2D eigenvalue weighted by molar-refractivity contribution is 0.196. The quantitative estimate of drug-likeness (QED) is 0.928. The van der Waals surface area contributed by atoms with Gasteiger partial charge in [-0.3, -0.25) is 0 Å². The van der Waals surface area contributed by atoms with Gasteiger partial charge in [0.2, 0.25) is 0 Å². The molecule has 0 radical (unpaired) electrons. The van der Waals surface area contributed by atoms with Crippen LogP contribution in [0.25, 0.3) is 0 Å². The normalized spacial score (nSPS) is 21.9. The highest BCUT2D eigenvalue weighted by Gasteiger charge is 2.21. The number of rotatable bonds is 3. The molecule has 1 N–H and O–H groups in total. The SMILES string of the molecule is CN1CCCN(c2ccc(Br)cc2)CC1CCO. The number of hydrogen-bond donors (Lipinski definition) is 1. The Hall–Kier alpha value is -0.580. The molecular weight excluding hydrogens is 292 g/mol. The van der Waals surface area contributed by atoms with Crippen LogP contribution in [-0.4, -0.2) is 49.3 Å². The maximum absolute atomic E-state index is 9.17. The van der Waals surface area contributed by atoms with Crippen LogP contribution in [0.15, 0.2) is 28.7 Å². The third kappa shape index (κ3) is 3.46. The molecule has 3 nitrogen and oxygen atoms in total. The van der Waals surface area contributed by atoms with Gasteiger partial charge in [0.05, 0.1) is 0 Å². The van der Waals surface area contributed by atoms with Crippen LogP contribution >= 0.6 is 15.9 Å². The molecule has 1 aliphatic heterocycles. The van der Waals surface area contributed by atoms with Gasteiger partial charge >= 0.3 is 0 Å². The Morgan fingerprint density at radius 3 is 2.67 bits per heavy atom. The van der Waals surface area contributed by atoms with E-state index in [2.05, 4.69) is 57.0 Å². The molecule has 1 aliphatic rings. The topological polar surface area (TPSA) is 26.7 Å². The van der Waals surface area contributed by atoms with E-state index in [1.54, 1.807) is 0 Å². The van der Waals surface area contributed by atoms with E-state index in [1.807, 2.05) is 0 Å². The van der Waals surface area contributed by atoms with Crippen LogP contribution in [0.2, 0.25) is 0 Å². The molecule has 1 aromatic carbocycles. The van der Waals surface area contributed by atoms with Crippen molar-refractivity contribution in [2.75, 3.05) is 38.2 Å². The molecule has 1 unspecified atom stereocenters. The maximum Gasteiger partial charge on any atom is 0.0446 e. The van der Waals surface area contributed by atoms with Crippen molar-refractivity contribution in [2.24, 2.45) is 0 Å². The van der Waals surface area contributed by atoms with Crippen LogP contribution in [0, 0.1) is 0 Å². The summed E-state index contributed by atoms with van der Waals surface area (Å²) in [5, 5.41) is 9.17. The largest absolute Gasteiger partial charge is 0.396 e. The van der Waals surface area contributed by atoms with Crippen molar-refractivity contribution < 1.29 is 5.11 Å². The molecule has 0 spiro atoms. The Kier molecular flexibility index (Phi) is 5.03. The lowest BCUT2D eigenvalue weighted by Crippen LogP contribution is -2.39. The second kappa shape index (κ2) is 6.55. The van der Waals surface area contributed by atoms with Crippen molar-refractivity contribution in [1.29, 1.82) is 0 Å². The van der Waals surface area contributed by atoms with Gasteiger partial charge in [0.25, 0.3) is 0 Å². The summed E-state index contributed by atoms with van der Waals surface area (Å²) in [7, 11) is 2.16. The van der Waals surface area contributed by atoms with E-state index in [1.165, 1.54) is 12.1 Å². The third-order valence-electron chi connectivity index (χ3n) is 3.65. The summed E-state index contributed by atoms with van der Waals surface area (Å²) >= 11 is 3.47. The summed E-state index contributed by atoms with van der Waals surface area (Å²) in [5.41, 5.74) is 1.27. The summed E-state index contributed by atoms with van der Waals surface area (Å²) in [6.07, 6.45) is 2.03. The van der Waals surface area contributed by atoms with Crippen LogP contribution in [0.5, 0.6) is 0 Å². The summed E-state index contributed by atoms with van der Waals surface area (Å²) in [6, 6.07) is 8.94. The van der Waals surface area contributed by atoms with Crippen molar-refractivity contribution in [1.82, 2.24) is 4.90 Å². The third-order valence-corrected chi connectivity index (χ3v) is 4.18. The first kappa shape index (κ1) is 13.8. The fraction of sp³-hybridized carbons (Fsp3) is 0.571. The number of anilines is 1. The van der Waals surface area contributed by atoms with Gasteiger partial charge in [0, 0.05) is 35.9 Å². The van der Waals surface area contributed by atoms with E-state index >= 15 is 0 Å². The zero-order valence-electron chi connectivity index (χ0n) is 10.8. The molecule has 1 fully saturated rings. The monoisotopic (exact) mass is 312 g/mol. The second-order valence-corrected chi connectivity index (χ2v) is 5.84. The number of aliphatic hydroxyl groups is 1. The molecule has 0 saturated carbocycles. The van der Waals surface area contributed by atoms with E-state index in [4.69, 9.17) is 5.11 Å². The minimum absolute atomic E-state index is 0.267. The summed E-state index contributed by atoms with van der Waals surface area (Å²) < 4.78 is 1.12. The zero-order chi connectivity index (χ0) is 13.0. The van der Waals surface area contributed by atoms with Crippen molar-refractivity contribution in [3.63, 3.8) is 0 Å². The number of nitrogens with zero attached hydrogens (tertiary/aromatic N) is 2. The summed E-state index contributed by atoms with van der Waals surface area (Å²) in [5.74, 6) is 0. The van der Waals surface area contributed by atoms with E-state index in [0.717, 1.165) is 30.5 Å². The van der Waals surface area contributed by atoms with Crippen molar-refractivity contribution in [2.45, 2.75) is 18.9 Å². The molecule has 1 heterocycles. The van der Waals surface area contributed by atoms with Crippen LogP contribution < -0.4 is 4.90 Å². The molecule has 2 rings (SSSR count). The molecule has 0 aliphatic carbocycles. The molecule has 0 bridgehead atoms. The number of benzene rings is 1. The smallest absolute Gasteiger partial charge is 0.0446 e. The lowest BCUT2D eigenvalue weighted by Gasteiger charge is -2.29. The number of aliphatic hydroxyl groups excluding tert-OH is 1. The van der Waals surface area contributed by atoms with Crippen LogP contribution in [0.4, 0.5) is 5.69 Å². The van der Waals surface area contributed by atoms with Gasteiger partial charge in [-0.1, -0.05) is 15.9 Å². The van der Waals surface area contributed by atoms with Gasteiger partial charge in [-0.15, -0.1) is 0 Å². The maximum atomic E-state index is 9.17. The fourth-order valence-electron chi connectivity index (χ4n) is 2.53. The Morgan fingerprint density at radius 1 is 1.28 bits per heavy atom. The molecule has 100 valence electrons. The minimum atomic E-state index is 0.267. The minimum Gasteiger partial charge on any atom is -0.396 e. The van der Waals surface area contributed by atoms with Crippen LogP contribution in [0.1, 0.15) is 12.8 Å². The van der Waals surface area contributed by atoms with Gasteiger partial charge in [-0.05, 0) is 50.7 Å². The van der Waals surface area contributed by atoms with Crippen LogP contribution in [0.3, 0.4) is 0 Å². The Morgan fingerprint density at radius 2 is 2.00 bits per heavy atom. The van der Waals surface area contributed by atoms with Crippen molar-refractivity contribution in [3.8, 4) is 0 Å². The number of hydrogen-bond acceptors (Lipinski definition) is 3. The first-order valence-corrected chi connectivity index (χ1v) is 7.31. The molecule has 4 heteroatoms. The van der Waals surface area contributed by atoms with Gasteiger partial charge in [0.15, 0.2) is 0 Å².